The Morgan fingerprint density at radius 3 is 2.42 bits per heavy atom. The highest BCUT2D eigenvalue weighted by Crippen LogP contribution is 2.39. The van der Waals surface area contributed by atoms with E-state index in [0.717, 1.165) is 28.5 Å². The lowest BCUT2D eigenvalue weighted by molar-refractivity contribution is -0.145. The van der Waals surface area contributed by atoms with Crippen molar-refractivity contribution < 1.29 is 14.6 Å². The van der Waals surface area contributed by atoms with Crippen molar-refractivity contribution in [3.05, 3.63) is 94.6 Å². The Labute approximate surface area is 186 Å². The van der Waals surface area contributed by atoms with Crippen LogP contribution >= 0.6 is 11.6 Å². The molecule has 31 heavy (non-hydrogen) atoms. The van der Waals surface area contributed by atoms with Gasteiger partial charge in [-0.2, -0.15) is 0 Å². The van der Waals surface area contributed by atoms with Crippen LogP contribution in [0.25, 0.3) is 22.0 Å². The molecule has 4 aromatic rings. The number of aliphatic carboxylic acids is 1. The molecule has 5 heteroatoms. The number of benzene rings is 3. The zero-order valence-corrected chi connectivity index (χ0v) is 18.1. The van der Waals surface area contributed by atoms with Crippen LogP contribution in [0, 0.1) is 6.92 Å². The predicted octanol–water partition coefficient (Wildman–Crippen LogP) is 6.63. The minimum Gasteiger partial charge on any atom is -0.478 e. The summed E-state index contributed by atoms with van der Waals surface area (Å²) >= 11 is 6.31. The van der Waals surface area contributed by atoms with Gasteiger partial charge in [0, 0.05) is 27.2 Å². The summed E-state index contributed by atoms with van der Waals surface area (Å²) in [6.07, 6.45) is -0.302. The second kappa shape index (κ2) is 8.78. The molecule has 4 rings (SSSR count). The highest BCUT2D eigenvalue weighted by molar-refractivity contribution is 6.31. The fraction of sp³-hybridized carbons (Fsp3) is 0.154. The van der Waals surface area contributed by atoms with E-state index in [9.17, 15) is 9.90 Å². The molecule has 0 aliphatic rings. The monoisotopic (exact) mass is 431 g/mol. The quantitative estimate of drug-likeness (QED) is 0.372. The van der Waals surface area contributed by atoms with Gasteiger partial charge in [0.2, 0.25) is 6.10 Å². The number of carboxylic acids is 1. The number of para-hydroxylation sites is 1. The number of aryl methyl sites for hydroxylation is 2. The molecule has 0 fully saturated rings. The molecule has 3 aromatic carbocycles. The molecule has 0 radical (unpaired) electrons. The zero-order chi connectivity index (χ0) is 22.0. The molecule has 0 bridgehead atoms. The Balaban J connectivity index is 2.00. The van der Waals surface area contributed by atoms with Gasteiger partial charge in [-0.25, -0.2) is 4.79 Å². The first-order valence-electron chi connectivity index (χ1n) is 10.1. The van der Waals surface area contributed by atoms with Gasteiger partial charge in [-0.1, -0.05) is 61.0 Å². The molecular weight excluding hydrogens is 410 g/mol. The molecule has 0 spiro atoms. The van der Waals surface area contributed by atoms with Crippen LogP contribution in [0.4, 0.5) is 0 Å². The van der Waals surface area contributed by atoms with Gasteiger partial charge < -0.3 is 9.84 Å². The van der Waals surface area contributed by atoms with Crippen molar-refractivity contribution in [3.63, 3.8) is 0 Å². The number of pyridine rings is 1. The van der Waals surface area contributed by atoms with Gasteiger partial charge in [-0.05, 0) is 54.8 Å². The Hall–Kier alpha value is -3.37. The van der Waals surface area contributed by atoms with Crippen molar-refractivity contribution >= 4 is 28.5 Å². The first kappa shape index (κ1) is 20.9. The smallest absolute Gasteiger partial charge is 0.349 e. The van der Waals surface area contributed by atoms with Gasteiger partial charge in [-0.15, -0.1) is 0 Å². The average molecular weight is 432 g/mol. The molecule has 0 aliphatic carbocycles. The Morgan fingerprint density at radius 2 is 1.77 bits per heavy atom. The molecule has 0 amide bonds. The maximum Gasteiger partial charge on any atom is 0.349 e. The third kappa shape index (κ3) is 4.25. The van der Waals surface area contributed by atoms with Crippen LogP contribution in [0.1, 0.15) is 29.8 Å². The minimum absolute atomic E-state index is 0.479. The number of carboxylic acid groups (broad SMARTS) is 1. The number of carbonyl (C=O) groups is 1. The van der Waals surface area contributed by atoms with Crippen molar-refractivity contribution in [1.29, 1.82) is 0 Å². The minimum atomic E-state index is -1.22. The van der Waals surface area contributed by atoms with Gasteiger partial charge in [0.15, 0.2) is 0 Å². The van der Waals surface area contributed by atoms with E-state index in [1.54, 1.807) is 18.2 Å². The Bertz CT molecular complexity index is 1240. The number of aromatic nitrogens is 1. The normalized spacial score (nSPS) is 12.0. The van der Waals surface area contributed by atoms with Crippen LogP contribution < -0.4 is 4.74 Å². The van der Waals surface area contributed by atoms with Crippen molar-refractivity contribution in [2.75, 3.05) is 0 Å². The largest absolute Gasteiger partial charge is 0.478 e. The molecule has 1 heterocycles. The fourth-order valence-electron chi connectivity index (χ4n) is 3.78. The summed E-state index contributed by atoms with van der Waals surface area (Å²) < 4.78 is 5.96. The number of hydrogen-bond acceptors (Lipinski definition) is 3. The second-order valence-electron chi connectivity index (χ2n) is 7.35. The maximum absolute atomic E-state index is 12.4. The van der Waals surface area contributed by atoms with E-state index in [2.05, 4.69) is 24.0 Å². The first-order valence-corrected chi connectivity index (χ1v) is 10.5. The topological polar surface area (TPSA) is 59.4 Å². The van der Waals surface area contributed by atoms with E-state index >= 15 is 0 Å². The molecular formula is C26H22ClNO3. The Kier molecular flexibility index (Phi) is 5.92. The third-order valence-corrected chi connectivity index (χ3v) is 5.54. The van der Waals surface area contributed by atoms with Crippen LogP contribution in [-0.4, -0.2) is 16.1 Å². The summed E-state index contributed by atoms with van der Waals surface area (Å²) in [7, 11) is 0. The SMILES string of the molecule is CCc1ccc(-c2c(C(Oc3ccccc3)C(=O)O)c(C)nc3ccc(Cl)cc23)cc1. The van der Waals surface area contributed by atoms with Crippen LogP contribution in [0.5, 0.6) is 5.75 Å². The van der Waals surface area contributed by atoms with Gasteiger partial charge in [0.25, 0.3) is 0 Å². The van der Waals surface area contributed by atoms with E-state index in [1.165, 1.54) is 5.56 Å². The second-order valence-corrected chi connectivity index (χ2v) is 7.78. The maximum atomic E-state index is 12.4. The number of hydrogen-bond donors (Lipinski definition) is 1. The van der Waals surface area contributed by atoms with Crippen LogP contribution in [0.15, 0.2) is 72.8 Å². The van der Waals surface area contributed by atoms with Crippen LogP contribution in [0.2, 0.25) is 5.02 Å². The molecule has 1 atom stereocenters. The van der Waals surface area contributed by atoms with Crippen molar-refractivity contribution in [1.82, 2.24) is 4.98 Å². The molecule has 156 valence electrons. The highest BCUT2D eigenvalue weighted by Gasteiger charge is 2.29. The summed E-state index contributed by atoms with van der Waals surface area (Å²) in [5.41, 5.74) is 4.75. The lowest BCUT2D eigenvalue weighted by Gasteiger charge is -2.22. The van der Waals surface area contributed by atoms with E-state index < -0.39 is 12.1 Å². The lowest BCUT2D eigenvalue weighted by Crippen LogP contribution is -2.21. The molecule has 0 saturated heterocycles. The van der Waals surface area contributed by atoms with Crippen molar-refractivity contribution in [2.24, 2.45) is 0 Å². The number of rotatable bonds is 6. The van der Waals surface area contributed by atoms with Crippen molar-refractivity contribution in [2.45, 2.75) is 26.4 Å². The summed E-state index contributed by atoms with van der Waals surface area (Å²) in [5, 5.41) is 11.5. The first-order chi connectivity index (χ1) is 15.0. The number of ether oxygens (including phenoxy) is 1. The van der Waals surface area contributed by atoms with Gasteiger partial charge >= 0.3 is 5.97 Å². The van der Waals surface area contributed by atoms with E-state index in [-0.39, 0.29) is 0 Å². The van der Waals surface area contributed by atoms with Gasteiger partial charge in [0.05, 0.1) is 5.52 Å². The fourth-order valence-corrected chi connectivity index (χ4v) is 3.95. The number of halogens is 1. The zero-order valence-electron chi connectivity index (χ0n) is 17.3. The predicted molar refractivity (Wildman–Crippen MR) is 124 cm³/mol. The Morgan fingerprint density at radius 1 is 1.06 bits per heavy atom. The molecule has 1 aromatic heterocycles. The standard InChI is InChI=1S/C26H22ClNO3/c1-3-17-9-11-18(12-10-17)24-21-15-19(27)13-14-22(21)28-16(2)23(24)25(26(29)30)31-20-7-5-4-6-8-20/h4-15,25H,3H2,1-2H3,(H,29,30). The molecule has 0 aliphatic heterocycles. The van der Waals surface area contributed by atoms with E-state index in [0.29, 0.717) is 22.0 Å². The van der Waals surface area contributed by atoms with Gasteiger partial charge in [0.1, 0.15) is 5.75 Å². The van der Waals surface area contributed by atoms with E-state index in [1.807, 2.05) is 49.4 Å². The average Bonchev–Trinajstić information content (AvgIpc) is 2.78. The van der Waals surface area contributed by atoms with Crippen LogP contribution in [0.3, 0.4) is 0 Å². The summed E-state index contributed by atoms with van der Waals surface area (Å²) in [6, 6.07) is 22.6. The number of fused-ring (bicyclic) bond motifs is 1. The van der Waals surface area contributed by atoms with Gasteiger partial charge in [-0.3, -0.25) is 4.98 Å². The summed E-state index contributed by atoms with van der Waals surface area (Å²) in [5.74, 6) is -0.602. The van der Waals surface area contributed by atoms with Crippen molar-refractivity contribution in [3.8, 4) is 16.9 Å². The lowest BCUT2D eigenvalue weighted by atomic mass is 9.90. The molecule has 4 nitrogen and oxygen atoms in total. The third-order valence-electron chi connectivity index (χ3n) is 5.31. The highest BCUT2D eigenvalue weighted by atomic mass is 35.5. The van der Waals surface area contributed by atoms with E-state index in [4.69, 9.17) is 16.3 Å². The van der Waals surface area contributed by atoms with Crippen LogP contribution in [-0.2, 0) is 11.2 Å². The molecule has 1 N–H and O–H groups in total. The number of nitrogens with zero attached hydrogens (tertiary/aromatic N) is 1. The summed E-state index contributed by atoms with van der Waals surface area (Å²) in [4.78, 5) is 17.0. The molecule has 1 unspecified atom stereocenters. The summed E-state index contributed by atoms with van der Waals surface area (Å²) in [6.45, 7) is 3.91. The molecule has 0 saturated carbocycles.